The van der Waals surface area contributed by atoms with E-state index < -0.39 is 5.54 Å². The number of nitrogens with one attached hydrogen (secondary N) is 1. The highest BCUT2D eigenvalue weighted by atomic mass is 16.5. The van der Waals surface area contributed by atoms with Gasteiger partial charge in [0.05, 0.1) is 12.3 Å². The smallest absolute Gasteiger partial charge is 0.240 e. The van der Waals surface area contributed by atoms with E-state index >= 15 is 0 Å². The number of nitrogens with zero attached hydrogens (tertiary/aromatic N) is 3. The Labute approximate surface area is 125 Å². The third kappa shape index (κ3) is 2.94. The molecule has 1 amide bonds. The van der Waals surface area contributed by atoms with Gasteiger partial charge in [-0.05, 0) is 13.3 Å². The Balaban J connectivity index is 1.78. The van der Waals surface area contributed by atoms with Gasteiger partial charge in [-0.15, -0.1) is 5.10 Å². The lowest BCUT2D eigenvalue weighted by atomic mass is 9.54. The number of carbonyl (C=O) groups is 1. The maximum Gasteiger partial charge on any atom is 0.240 e. The summed E-state index contributed by atoms with van der Waals surface area (Å²) in [7, 11) is 0. The summed E-state index contributed by atoms with van der Waals surface area (Å²) in [6.07, 6.45) is 4.85. The van der Waals surface area contributed by atoms with Crippen molar-refractivity contribution in [3.05, 3.63) is 12.4 Å². The first-order valence-electron chi connectivity index (χ1n) is 7.44. The van der Waals surface area contributed by atoms with Crippen LogP contribution in [-0.4, -0.2) is 45.7 Å². The largest absolute Gasteiger partial charge is 0.378 e. The molecule has 2 rings (SSSR count). The molecular formula is C14H25N5O2. The summed E-state index contributed by atoms with van der Waals surface area (Å²) in [6.45, 7) is 7.88. The summed E-state index contributed by atoms with van der Waals surface area (Å²) in [5.74, 6) is -0.0953. The predicted molar refractivity (Wildman–Crippen MR) is 78.4 cm³/mol. The quantitative estimate of drug-likeness (QED) is 0.706. The molecule has 1 fully saturated rings. The SMILES string of the molecule is CCOC1CC(N)(C(=O)NCCCn2ccnn2)C1(C)C. The summed E-state index contributed by atoms with van der Waals surface area (Å²) in [6, 6.07) is 0. The molecule has 0 radical (unpaired) electrons. The number of amides is 1. The number of carbonyl (C=O) groups excluding carboxylic acids is 1. The average Bonchev–Trinajstić information content (AvgIpc) is 2.96. The molecule has 1 saturated carbocycles. The second-order valence-corrected chi connectivity index (χ2v) is 6.12. The van der Waals surface area contributed by atoms with Crippen LogP contribution in [0.3, 0.4) is 0 Å². The van der Waals surface area contributed by atoms with Crippen LogP contribution in [0.5, 0.6) is 0 Å². The van der Waals surface area contributed by atoms with Gasteiger partial charge in [0, 0.05) is 37.7 Å². The van der Waals surface area contributed by atoms with Gasteiger partial charge in [0.25, 0.3) is 0 Å². The van der Waals surface area contributed by atoms with E-state index in [9.17, 15) is 4.79 Å². The number of hydrogen-bond donors (Lipinski definition) is 2. The Hall–Kier alpha value is -1.47. The fraction of sp³-hybridized carbons (Fsp3) is 0.786. The number of hydrogen-bond acceptors (Lipinski definition) is 5. The molecule has 118 valence electrons. The highest BCUT2D eigenvalue weighted by Gasteiger charge is 2.62. The monoisotopic (exact) mass is 295 g/mol. The second kappa shape index (κ2) is 6.11. The van der Waals surface area contributed by atoms with Crippen molar-refractivity contribution in [1.82, 2.24) is 20.3 Å². The fourth-order valence-corrected chi connectivity index (χ4v) is 2.77. The predicted octanol–water partition coefficient (Wildman–Crippen LogP) is 0.317. The topological polar surface area (TPSA) is 95.1 Å². The minimum atomic E-state index is -0.847. The molecule has 0 bridgehead atoms. The average molecular weight is 295 g/mol. The molecule has 0 aliphatic heterocycles. The van der Waals surface area contributed by atoms with Gasteiger partial charge in [0.15, 0.2) is 0 Å². The summed E-state index contributed by atoms with van der Waals surface area (Å²) >= 11 is 0. The van der Waals surface area contributed by atoms with Crippen LogP contribution in [0.15, 0.2) is 12.4 Å². The van der Waals surface area contributed by atoms with Crippen LogP contribution < -0.4 is 11.1 Å². The number of ether oxygens (including phenoxy) is 1. The molecule has 2 unspecified atom stereocenters. The Morgan fingerprint density at radius 3 is 2.90 bits per heavy atom. The molecule has 7 nitrogen and oxygen atoms in total. The van der Waals surface area contributed by atoms with E-state index in [1.165, 1.54) is 0 Å². The van der Waals surface area contributed by atoms with E-state index in [1.54, 1.807) is 17.1 Å². The third-order valence-electron chi connectivity index (χ3n) is 4.56. The van der Waals surface area contributed by atoms with Crippen LogP contribution in [-0.2, 0) is 16.1 Å². The van der Waals surface area contributed by atoms with E-state index in [2.05, 4.69) is 15.6 Å². The summed E-state index contributed by atoms with van der Waals surface area (Å²) in [5.41, 5.74) is 5.11. The Morgan fingerprint density at radius 2 is 2.33 bits per heavy atom. The van der Waals surface area contributed by atoms with Gasteiger partial charge in [-0.2, -0.15) is 0 Å². The second-order valence-electron chi connectivity index (χ2n) is 6.12. The zero-order valence-corrected chi connectivity index (χ0v) is 13.0. The number of rotatable bonds is 7. The normalized spacial score (nSPS) is 27.1. The lowest BCUT2D eigenvalue weighted by Gasteiger charge is -2.57. The summed E-state index contributed by atoms with van der Waals surface area (Å²) < 4.78 is 7.37. The summed E-state index contributed by atoms with van der Waals surface area (Å²) in [5, 5.41) is 10.5. The molecule has 1 heterocycles. The minimum Gasteiger partial charge on any atom is -0.378 e. The molecule has 1 aliphatic rings. The van der Waals surface area contributed by atoms with E-state index in [4.69, 9.17) is 10.5 Å². The first kappa shape index (κ1) is 15.9. The van der Waals surface area contributed by atoms with Crippen molar-refractivity contribution < 1.29 is 9.53 Å². The molecule has 7 heteroatoms. The number of aromatic nitrogens is 3. The van der Waals surface area contributed by atoms with Crippen molar-refractivity contribution in [3.8, 4) is 0 Å². The van der Waals surface area contributed by atoms with Crippen molar-refractivity contribution in [3.63, 3.8) is 0 Å². The van der Waals surface area contributed by atoms with Crippen molar-refractivity contribution in [2.75, 3.05) is 13.2 Å². The van der Waals surface area contributed by atoms with Gasteiger partial charge < -0.3 is 15.8 Å². The Morgan fingerprint density at radius 1 is 1.57 bits per heavy atom. The van der Waals surface area contributed by atoms with Crippen molar-refractivity contribution in [2.24, 2.45) is 11.1 Å². The molecule has 0 saturated heterocycles. The Kier molecular flexibility index (Phi) is 4.63. The van der Waals surface area contributed by atoms with Gasteiger partial charge in [-0.1, -0.05) is 19.1 Å². The van der Waals surface area contributed by atoms with Crippen molar-refractivity contribution >= 4 is 5.91 Å². The fourth-order valence-electron chi connectivity index (χ4n) is 2.77. The third-order valence-corrected chi connectivity index (χ3v) is 4.56. The highest BCUT2D eigenvalue weighted by Crippen LogP contribution is 2.49. The molecule has 1 aromatic rings. The number of nitrogens with two attached hydrogens (primary N) is 1. The van der Waals surface area contributed by atoms with E-state index in [0.29, 0.717) is 19.6 Å². The van der Waals surface area contributed by atoms with Crippen LogP contribution in [0.25, 0.3) is 0 Å². The van der Waals surface area contributed by atoms with Gasteiger partial charge in [0.2, 0.25) is 5.91 Å². The Bertz CT molecular complexity index is 474. The van der Waals surface area contributed by atoms with Crippen LogP contribution in [0.4, 0.5) is 0 Å². The van der Waals surface area contributed by atoms with Crippen molar-refractivity contribution in [2.45, 2.75) is 51.8 Å². The maximum atomic E-state index is 12.3. The van der Waals surface area contributed by atoms with Gasteiger partial charge >= 0.3 is 0 Å². The molecule has 2 atom stereocenters. The molecule has 1 aliphatic carbocycles. The van der Waals surface area contributed by atoms with Gasteiger partial charge in [0.1, 0.15) is 5.54 Å². The molecule has 21 heavy (non-hydrogen) atoms. The maximum absolute atomic E-state index is 12.3. The first-order chi connectivity index (χ1) is 9.91. The zero-order chi connectivity index (χ0) is 15.5. The van der Waals surface area contributed by atoms with E-state index in [0.717, 1.165) is 13.0 Å². The van der Waals surface area contributed by atoms with Crippen molar-refractivity contribution in [1.29, 1.82) is 0 Å². The van der Waals surface area contributed by atoms with Gasteiger partial charge in [-0.3, -0.25) is 9.48 Å². The molecule has 0 spiro atoms. The molecule has 3 N–H and O–H groups in total. The van der Waals surface area contributed by atoms with E-state index in [-0.39, 0.29) is 17.4 Å². The number of aryl methyl sites for hydroxylation is 1. The molecular weight excluding hydrogens is 270 g/mol. The van der Waals surface area contributed by atoms with Gasteiger partial charge in [-0.25, -0.2) is 0 Å². The van der Waals surface area contributed by atoms with Crippen LogP contribution in [0.2, 0.25) is 0 Å². The molecule has 0 aromatic carbocycles. The lowest BCUT2D eigenvalue weighted by molar-refractivity contribution is -0.170. The lowest BCUT2D eigenvalue weighted by Crippen LogP contribution is -2.75. The van der Waals surface area contributed by atoms with Crippen LogP contribution in [0, 0.1) is 5.41 Å². The minimum absolute atomic E-state index is 0.0494. The standard InChI is InChI=1S/C14H25N5O2/c1-4-21-11-10-14(15,13(11,2)3)12(20)16-6-5-8-19-9-7-17-18-19/h7,9,11H,4-6,8,10,15H2,1-3H3,(H,16,20). The zero-order valence-electron chi connectivity index (χ0n) is 13.0. The molecule has 1 aromatic heterocycles. The van der Waals surface area contributed by atoms with E-state index in [1.807, 2.05) is 20.8 Å². The summed E-state index contributed by atoms with van der Waals surface area (Å²) in [4.78, 5) is 12.3. The van der Waals surface area contributed by atoms with Crippen LogP contribution in [0.1, 0.15) is 33.6 Å². The highest BCUT2D eigenvalue weighted by molar-refractivity contribution is 5.88. The van der Waals surface area contributed by atoms with Crippen LogP contribution >= 0.6 is 0 Å². The first-order valence-corrected chi connectivity index (χ1v) is 7.44.